The minimum atomic E-state index is -1.14. The van der Waals surface area contributed by atoms with Crippen molar-refractivity contribution in [3.8, 4) is 0 Å². The molecule has 3 aromatic rings. The van der Waals surface area contributed by atoms with Gasteiger partial charge in [-0.1, -0.05) is 40.3 Å². The van der Waals surface area contributed by atoms with Crippen molar-refractivity contribution >= 4 is 57.1 Å². The van der Waals surface area contributed by atoms with Gasteiger partial charge >= 0.3 is 11.9 Å². The lowest BCUT2D eigenvalue weighted by Gasteiger charge is -2.18. The van der Waals surface area contributed by atoms with Crippen LogP contribution >= 0.6 is 0 Å². The fourth-order valence-electron chi connectivity index (χ4n) is 7.79. The molecular weight excluding hydrogens is 683 g/mol. The maximum absolute atomic E-state index is 13.8. The SMILES string of the molecule is C=Cc1c(C)c2cc3nc(c(CC(=O)NCCNCCN(CC)CC)c4[nH]c(cc5nc(cc1[nH]2)C(C)=C5CC)c(C)c4C(=O)O)C(CCC(=O)O)C3C. The predicted molar refractivity (Wildman–Crippen MR) is 216 cm³/mol. The van der Waals surface area contributed by atoms with E-state index in [1.807, 2.05) is 45.0 Å². The molecule has 1 amide bonds. The van der Waals surface area contributed by atoms with Gasteiger partial charge in [0, 0.05) is 77.8 Å². The first kappa shape index (κ1) is 40.1. The van der Waals surface area contributed by atoms with E-state index in [-0.39, 0.29) is 36.7 Å². The number of H-pyrrole nitrogens is 2. The van der Waals surface area contributed by atoms with Crippen LogP contribution < -0.4 is 10.6 Å². The summed E-state index contributed by atoms with van der Waals surface area (Å²) in [6.07, 6.45) is 2.54. The van der Waals surface area contributed by atoms with E-state index in [2.05, 4.69) is 52.9 Å². The number of aliphatic carboxylic acids is 1. The molecule has 0 aliphatic carbocycles. The number of nitrogens with zero attached hydrogens (tertiary/aromatic N) is 3. The molecule has 6 N–H and O–H groups in total. The van der Waals surface area contributed by atoms with Gasteiger partial charge in [-0.3, -0.25) is 14.6 Å². The number of carbonyl (C=O) groups is 3. The second kappa shape index (κ2) is 17.4. The number of carboxylic acids is 2. The van der Waals surface area contributed by atoms with Crippen LogP contribution in [-0.2, 0) is 16.0 Å². The van der Waals surface area contributed by atoms with Gasteiger partial charge in [-0.15, -0.1) is 0 Å². The van der Waals surface area contributed by atoms with Gasteiger partial charge in [0.05, 0.1) is 34.6 Å². The van der Waals surface area contributed by atoms with Gasteiger partial charge in [-0.25, -0.2) is 9.78 Å². The van der Waals surface area contributed by atoms with Gasteiger partial charge in [-0.2, -0.15) is 0 Å². The van der Waals surface area contributed by atoms with E-state index >= 15 is 0 Å². The summed E-state index contributed by atoms with van der Waals surface area (Å²) in [5.41, 5.74) is 10.3. The smallest absolute Gasteiger partial charge is 0.338 e. The monoisotopic (exact) mass is 737 g/mol. The number of aromatic carboxylic acids is 1. The summed E-state index contributed by atoms with van der Waals surface area (Å²) in [4.78, 5) is 58.3. The van der Waals surface area contributed by atoms with Crippen molar-refractivity contribution in [3.63, 3.8) is 0 Å². The number of aromatic nitrogens is 4. The molecule has 8 bridgehead atoms. The third-order valence-electron chi connectivity index (χ3n) is 11.1. The molecule has 2 aliphatic rings. The van der Waals surface area contributed by atoms with Crippen LogP contribution in [0.1, 0.15) is 121 Å². The second-order valence-corrected chi connectivity index (χ2v) is 14.2. The van der Waals surface area contributed by atoms with Crippen molar-refractivity contribution < 1.29 is 24.6 Å². The Kier molecular flexibility index (Phi) is 12.9. The average Bonchev–Trinajstić information content (AvgIpc) is 3.82. The van der Waals surface area contributed by atoms with Crippen molar-refractivity contribution in [3.05, 3.63) is 75.4 Å². The molecule has 5 rings (SSSR count). The molecular formula is C42H55N7O5. The van der Waals surface area contributed by atoms with Crippen LogP contribution in [-0.4, -0.2) is 92.2 Å². The Hall–Kier alpha value is -5.07. The zero-order valence-electron chi connectivity index (χ0n) is 32.7. The zero-order chi connectivity index (χ0) is 39.3. The standard InChI is InChI=1S/C42H55N7O5/c1-9-27-23(5)31-20-33-25(7)29(13-14-38(51)52)40(47-33)30(19-37(50)44-16-15-43-17-18-49(11-3)12-4)41-39(42(53)54)26(8)34(48-41)22-36-28(10-2)24(6)32(46-36)21-35(27)45-31/h9,20-22,25,29,43,45,48H,1,10-19H2,2-8H3,(H,44,50)(H,51,52)(H,53,54). The summed E-state index contributed by atoms with van der Waals surface area (Å²) in [7, 11) is 0. The number of amides is 1. The summed E-state index contributed by atoms with van der Waals surface area (Å²) in [6.45, 7) is 22.8. The highest BCUT2D eigenvalue weighted by Crippen LogP contribution is 2.43. The lowest BCUT2D eigenvalue weighted by Crippen LogP contribution is -2.37. The Morgan fingerprint density at radius 1 is 0.926 bits per heavy atom. The van der Waals surface area contributed by atoms with E-state index in [9.17, 15) is 24.6 Å². The summed E-state index contributed by atoms with van der Waals surface area (Å²) in [6, 6.07) is 5.88. The van der Waals surface area contributed by atoms with E-state index in [1.54, 1.807) is 6.92 Å². The first-order valence-electron chi connectivity index (χ1n) is 19.1. The highest BCUT2D eigenvalue weighted by Gasteiger charge is 2.33. The summed E-state index contributed by atoms with van der Waals surface area (Å²) in [5.74, 6) is -2.99. The molecule has 288 valence electrons. The van der Waals surface area contributed by atoms with Gasteiger partial charge in [0.15, 0.2) is 0 Å². The van der Waals surface area contributed by atoms with E-state index in [1.165, 1.54) is 0 Å². The first-order valence-corrected chi connectivity index (χ1v) is 19.1. The largest absolute Gasteiger partial charge is 0.481 e. The topological polar surface area (TPSA) is 176 Å². The number of carboxylic acid groups (broad SMARTS) is 2. The molecule has 2 atom stereocenters. The van der Waals surface area contributed by atoms with Gasteiger partial charge < -0.3 is 35.7 Å². The van der Waals surface area contributed by atoms with Crippen molar-refractivity contribution in [2.45, 2.75) is 86.0 Å². The number of aromatic amines is 2. The molecule has 2 aliphatic heterocycles. The number of likely N-dealkylation sites (N-methyl/N-ethyl adjacent to an activating group) is 1. The minimum Gasteiger partial charge on any atom is -0.481 e. The maximum Gasteiger partial charge on any atom is 0.338 e. The summed E-state index contributed by atoms with van der Waals surface area (Å²) < 4.78 is 0. The number of hydrogen-bond acceptors (Lipinski definition) is 7. The Morgan fingerprint density at radius 3 is 2.28 bits per heavy atom. The van der Waals surface area contributed by atoms with Crippen molar-refractivity contribution in [2.75, 3.05) is 39.3 Å². The van der Waals surface area contributed by atoms with Gasteiger partial charge in [0.2, 0.25) is 5.91 Å². The molecule has 2 unspecified atom stereocenters. The van der Waals surface area contributed by atoms with E-state index in [0.29, 0.717) is 53.1 Å². The quantitative estimate of drug-likeness (QED) is 0.0849. The molecule has 12 nitrogen and oxygen atoms in total. The molecule has 0 saturated carbocycles. The third kappa shape index (κ3) is 8.34. The normalized spacial score (nSPS) is 15.6. The van der Waals surface area contributed by atoms with Crippen LogP contribution in [0.15, 0.2) is 24.8 Å². The van der Waals surface area contributed by atoms with Gasteiger partial charge in [-0.05, 0) is 87.2 Å². The number of hydrogen-bond donors (Lipinski definition) is 6. The molecule has 0 radical (unpaired) electrons. The van der Waals surface area contributed by atoms with Gasteiger partial charge in [0.1, 0.15) is 0 Å². The van der Waals surface area contributed by atoms with Crippen LogP contribution in [0.4, 0.5) is 0 Å². The van der Waals surface area contributed by atoms with Gasteiger partial charge in [0.25, 0.3) is 0 Å². The van der Waals surface area contributed by atoms with E-state index < -0.39 is 17.9 Å². The second-order valence-electron chi connectivity index (χ2n) is 14.2. The lowest BCUT2D eigenvalue weighted by atomic mass is 9.85. The molecule has 3 aromatic heterocycles. The number of allylic oxidation sites excluding steroid dienone is 2. The number of fused-ring (bicyclic) bond motifs is 8. The number of nitrogens with one attached hydrogen (secondary N) is 4. The first-order chi connectivity index (χ1) is 25.8. The number of rotatable bonds is 16. The number of aryl methyl sites for hydroxylation is 2. The Balaban J connectivity index is 1.77. The average molecular weight is 738 g/mol. The van der Waals surface area contributed by atoms with Crippen LogP contribution in [0.2, 0.25) is 0 Å². The fourth-order valence-corrected chi connectivity index (χ4v) is 7.79. The minimum absolute atomic E-state index is 0.0457. The molecule has 12 heteroatoms. The summed E-state index contributed by atoms with van der Waals surface area (Å²) in [5, 5.41) is 26.8. The lowest BCUT2D eigenvalue weighted by molar-refractivity contribution is -0.137. The fraction of sp³-hybridized carbons (Fsp3) is 0.452. The Labute approximate surface area is 317 Å². The van der Waals surface area contributed by atoms with E-state index in [4.69, 9.17) is 9.97 Å². The van der Waals surface area contributed by atoms with Crippen LogP contribution in [0.25, 0.3) is 39.3 Å². The number of carbonyl (C=O) groups excluding carboxylic acids is 1. The molecule has 0 aromatic carbocycles. The zero-order valence-corrected chi connectivity index (χ0v) is 32.7. The maximum atomic E-state index is 13.8. The van der Waals surface area contributed by atoms with Crippen LogP contribution in [0.3, 0.4) is 0 Å². The van der Waals surface area contributed by atoms with E-state index in [0.717, 1.165) is 70.9 Å². The molecule has 5 heterocycles. The predicted octanol–water partition coefficient (Wildman–Crippen LogP) is 6.96. The van der Waals surface area contributed by atoms with Crippen molar-refractivity contribution in [1.29, 1.82) is 0 Å². The Bertz CT molecular complexity index is 2140. The highest BCUT2D eigenvalue weighted by atomic mass is 16.4. The van der Waals surface area contributed by atoms with Crippen LogP contribution in [0, 0.1) is 13.8 Å². The Morgan fingerprint density at radius 2 is 1.63 bits per heavy atom. The summed E-state index contributed by atoms with van der Waals surface area (Å²) >= 11 is 0. The molecule has 54 heavy (non-hydrogen) atoms. The third-order valence-corrected chi connectivity index (χ3v) is 11.1. The molecule has 0 saturated heterocycles. The molecule has 0 fully saturated rings. The molecule has 0 spiro atoms. The highest BCUT2D eigenvalue weighted by molar-refractivity contribution is 6.03. The van der Waals surface area contributed by atoms with Crippen molar-refractivity contribution in [2.24, 2.45) is 0 Å². The van der Waals surface area contributed by atoms with Crippen LogP contribution in [0.5, 0.6) is 0 Å². The van der Waals surface area contributed by atoms with Crippen molar-refractivity contribution in [1.82, 2.24) is 35.5 Å².